The number of amides is 1. The van der Waals surface area contributed by atoms with Crippen molar-refractivity contribution in [2.75, 3.05) is 14.2 Å². The summed E-state index contributed by atoms with van der Waals surface area (Å²) in [5, 5.41) is 5.75. The molecule has 0 radical (unpaired) electrons. The molecule has 3 aromatic rings. The van der Waals surface area contributed by atoms with Crippen LogP contribution in [-0.2, 0) is 11.2 Å². The second kappa shape index (κ2) is 8.48. The van der Waals surface area contributed by atoms with Crippen LogP contribution in [0, 0.1) is 13.8 Å². The molecule has 148 valence electrons. The molecule has 0 spiro atoms. The van der Waals surface area contributed by atoms with Crippen molar-refractivity contribution in [2.45, 2.75) is 33.2 Å². The summed E-state index contributed by atoms with van der Waals surface area (Å²) in [6, 6.07) is 7.50. The molecule has 1 atom stereocenters. The Morgan fingerprint density at radius 3 is 2.61 bits per heavy atom. The van der Waals surface area contributed by atoms with Crippen LogP contribution in [0.1, 0.15) is 35.7 Å². The Labute approximate surface area is 168 Å². The molecule has 6 nitrogen and oxygen atoms in total. The van der Waals surface area contributed by atoms with Gasteiger partial charge >= 0.3 is 0 Å². The maximum atomic E-state index is 12.4. The van der Waals surface area contributed by atoms with Crippen molar-refractivity contribution >= 4 is 17.2 Å². The first-order chi connectivity index (χ1) is 13.4. The topological polar surface area (TPSA) is 73.6 Å². The van der Waals surface area contributed by atoms with E-state index in [1.165, 1.54) is 11.3 Å². The van der Waals surface area contributed by atoms with E-state index in [0.29, 0.717) is 11.5 Å². The van der Waals surface area contributed by atoms with E-state index in [-0.39, 0.29) is 18.4 Å². The molecule has 0 fully saturated rings. The standard InChI is InChI=1S/C21H24N2O4S/c1-12-8-17(14(3)27-12)13(2)22-20(24)10-16-11-28-21(23-16)15-6-7-18(25-4)19(9-15)26-5/h6-9,11,13H,10H2,1-5H3,(H,22,24). The van der Waals surface area contributed by atoms with Crippen LogP contribution in [0.3, 0.4) is 0 Å². The summed E-state index contributed by atoms with van der Waals surface area (Å²) < 4.78 is 16.2. The maximum absolute atomic E-state index is 12.4. The number of carbonyl (C=O) groups is 1. The van der Waals surface area contributed by atoms with Gasteiger partial charge in [0.2, 0.25) is 5.91 Å². The van der Waals surface area contributed by atoms with Crippen LogP contribution in [0.5, 0.6) is 11.5 Å². The average molecular weight is 401 g/mol. The van der Waals surface area contributed by atoms with E-state index in [1.54, 1.807) is 14.2 Å². The van der Waals surface area contributed by atoms with E-state index >= 15 is 0 Å². The van der Waals surface area contributed by atoms with Gasteiger partial charge in [-0.05, 0) is 45.0 Å². The van der Waals surface area contributed by atoms with Gasteiger partial charge in [-0.3, -0.25) is 4.79 Å². The zero-order valence-electron chi connectivity index (χ0n) is 16.7. The monoisotopic (exact) mass is 400 g/mol. The molecular weight excluding hydrogens is 376 g/mol. The van der Waals surface area contributed by atoms with Gasteiger partial charge in [0.05, 0.1) is 32.4 Å². The molecule has 0 saturated carbocycles. The van der Waals surface area contributed by atoms with Crippen molar-refractivity contribution in [3.63, 3.8) is 0 Å². The molecule has 3 rings (SSSR count). The highest BCUT2D eigenvalue weighted by molar-refractivity contribution is 7.13. The summed E-state index contributed by atoms with van der Waals surface area (Å²) in [7, 11) is 3.20. The molecule has 1 unspecified atom stereocenters. The Balaban J connectivity index is 1.67. The third-order valence-corrected chi connectivity index (χ3v) is 5.39. The van der Waals surface area contributed by atoms with E-state index in [1.807, 2.05) is 50.4 Å². The predicted octanol–water partition coefficient (Wildman–Crippen LogP) is 4.46. The number of nitrogens with one attached hydrogen (secondary N) is 1. The van der Waals surface area contributed by atoms with Gasteiger partial charge in [0, 0.05) is 16.5 Å². The van der Waals surface area contributed by atoms with E-state index in [0.717, 1.165) is 33.3 Å². The third kappa shape index (κ3) is 4.36. The Kier molecular flexibility index (Phi) is 6.04. The van der Waals surface area contributed by atoms with Gasteiger partial charge in [0.15, 0.2) is 11.5 Å². The van der Waals surface area contributed by atoms with E-state index in [9.17, 15) is 4.79 Å². The lowest BCUT2D eigenvalue weighted by molar-refractivity contribution is -0.121. The number of rotatable bonds is 7. The van der Waals surface area contributed by atoms with Crippen molar-refractivity contribution in [1.29, 1.82) is 0 Å². The zero-order chi connectivity index (χ0) is 20.3. The fourth-order valence-corrected chi connectivity index (χ4v) is 3.92. The number of methoxy groups -OCH3 is 2. The lowest BCUT2D eigenvalue weighted by atomic mass is 10.1. The Morgan fingerprint density at radius 2 is 1.96 bits per heavy atom. The predicted molar refractivity (Wildman–Crippen MR) is 109 cm³/mol. The van der Waals surface area contributed by atoms with E-state index in [4.69, 9.17) is 13.9 Å². The van der Waals surface area contributed by atoms with Crippen LogP contribution >= 0.6 is 11.3 Å². The van der Waals surface area contributed by atoms with Crippen LogP contribution < -0.4 is 14.8 Å². The van der Waals surface area contributed by atoms with Crippen LogP contribution in [0.15, 0.2) is 34.1 Å². The first-order valence-corrected chi connectivity index (χ1v) is 9.82. The molecule has 0 saturated heterocycles. The van der Waals surface area contributed by atoms with E-state index in [2.05, 4.69) is 10.3 Å². The minimum absolute atomic E-state index is 0.0742. The number of benzene rings is 1. The molecule has 7 heteroatoms. The van der Waals surface area contributed by atoms with Crippen LogP contribution in [0.2, 0.25) is 0 Å². The molecule has 2 heterocycles. The molecule has 0 aliphatic heterocycles. The fraction of sp³-hybridized carbons (Fsp3) is 0.333. The molecule has 1 amide bonds. The number of furan rings is 1. The minimum atomic E-state index is -0.117. The van der Waals surface area contributed by atoms with Crippen molar-refractivity contribution in [1.82, 2.24) is 10.3 Å². The lowest BCUT2D eigenvalue weighted by Crippen LogP contribution is -2.28. The highest BCUT2D eigenvalue weighted by Gasteiger charge is 2.17. The molecule has 1 aromatic carbocycles. The number of nitrogens with zero attached hydrogens (tertiary/aromatic N) is 1. The van der Waals surface area contributed by atoms with Gasteiger partial charge in [-0.1, -0.05) is 0 Å². The van der Waals surface area contributed by atoms with Gasteiger partial charge in [0.1, 0.15) is 16.5 Å². The number of aryl methyl sites for hydroxylation is 2. The minimum Gasteiger partial charge on any atom is -0.493 e. The molecule has 0 aliphatic rings. The molecule has 2 aromatic heterocycles. The number of carbonyl (C=O) groups excluding carboxylic acids is 1. The summed E-state index contributed by atoms with van der Waals surface area (Å²) in [4.78, 5) is 17.0. The summed E-state index contributed by atoms with van der Waals surface area (Å²) >= 11 is 1.50. The first-order valence-electron chi connectivity index (χ1n) is 8.94. The van der Waals surface area contributed by atoms with Crippen molar-refractivity contribution in [3.05, 3.63) is 52.4 Å². The van der Waals surface area contributed by atoms with Gasteiger partial charge in [-0.2, -0.15) is 0 Å². The Hall–Kier alpha value is -2.80. The highest BCUT2D eigenvalue weighted by atomic mass is 32.1. The number of hydrogen-bond donors (Lipinski definition) is 1. The van der Waals surface area contributed by atoms with Gasteiger partial charge in [0.25, 0.3) is 0 Å². The number of thiazole rings is 1. The first kappa shape index (κ1) is 19.9. The maximum Gasteiger partial charge on any atom is 0.226 e. The van der Waals surface area contributed by atoms with Gasteiger partial charge < -0.3 is 19.2 Å². The summed E-state index contributed by atoms with van der Waals surface area (Å²) in [5.41, 5.74) is 2.65. The quantitative estimate of drug-likeness (QED) is 0.634. The van der Waals surface area contributed by atoms with Crippen molar-refractivity contribution in [2.24, 2.45) is 0 Å². The summed E-state index contributed by atoms with van der Waals surface area (Å²) in [6.45, 7) is 5.75. The number of aromatic nitrogens is 1. The SMILES string of the molecule is COc1ccc(-c2nc(CC(=O)NC(C)c3cc(C)oc3C)cs2)cc1OC. The highest BCUT2D eigenvalue weighted by Crippen LogP contribution is 2.33. The fourth-order valence-electron chi connectivity index (χ4n) is 3.11. The lowest BCUT2D eigenvalue weighted by Gasteiger charge is -2.12. The zero-order valence-corrected chi connectivity index (χ0v) is 17.5. The molecule has 1 N–H and O–H groups in total. The van der Waals surface area contributed by atoms with Gasteiger partial charge in [-0.25, -0.2) is 4.98 Å². The second-order valence-corrected chi connectivity index (χ2v) is 7.41. The molecule has 0 bridgehead atoms. The molecular formula is C21H24N2O4S. The molecule has 0 aliphatic carbocycles. The third-order valence-electron chi connectivity index (χ3n) is 4.45. The smallest absolute Gasteiger partial charge is 0.226 e. The summed E-state index contributed by atoms with van der Waals surface area (Å²) in [6.07, 6.45) is 0.226. The van der Waals surface area contributed by atoms with E-state index < -0.39 is 0 Å². The summed E-state index contributed by atoms with van der Waals surface area (Å²) in [5.74, 6) is 2.91. The average Bonchev–Trinajstić information content (AvgIpc) is 3.26. The largest absolute Gasteiger partial charge is 0.493 e. The van der Waals surface area contributed by atoms with Gasteiger partial charge in [-0.15, -0.1) is 11.3 Å². The number of hydrogen-bond acceptors (Lipinski definition) is 6. The van der Waals surface area contributed by atoms with Crippen LogP contribution in [0.4, 0.5) is 0 Å². The second-order valence-electron chi connectivity index (χ2n) is 6.55. The Morgan fingerprint density at radius 1 is 1.21 bits per heavy atom. The van der Waals surface area contributed by atoms with Crippen molar-refractivity contribution < 1.29 is 18.7 Å². The van der Waals surface area contributed by atoms with Crippen molar-refractivity contribution in [3.8, 4) is 22.1 Å². The normalized spacial score (nSPS) is 11.9. The van der Waals surface area contributed by atoms with Crippen LogP contribution in [0.25, 0.3) is 10.6 Å². The molecule has 28 heavy (non-hydrogen) atoms. The number of ether oxygens (including phenoxy) is 2. The van der Waals surface area contributed by atoms with Crippen LogP contribution in [-0.4, -0.2) is 25.1 Å². The Bertz CT molecular complexity index is 977.